The fourth-order valence-corrected chi connectivity index (χ4v) is 3.68. The highest BCUT2D eigenvalue weighted by atomic mass is 16.6. The molecule has 6 nitrogen and oxygen atoms in total. The van der Waals surface area contributed by atoms with Crippen molar-refractivity contribution in [2.75, 3.05) is 0 Å². The quantitative estimate of drug-likeness (QED) is 0.774. The monoisotopic (exact) mass is 359 g/mol. The molecule has 3 atom stereocenters. The van der Waals surface area contributed by atoms with Crippen LogP contribution in [0.3, 0.4) is 0 Å². The van der Waals surface area contributed by atoms with Crippen LogP contribution in [0, 0.1) is 11.8 Å². The normalized spacial score (nSPS) is 25.1. The molecule has 1 saturated heterocycles. The number of esters is 1. The van der Waals surface area contributed by atoms with Crippen molar-refractivity contribution in [2.24, 2.45) is 11.8 Å². The number of hydrogen-bond acceptors (Lipinski definition) is 5. The Kier molecular flexibility index (Phi) is 5.03. The van der Waals surface area contributed by atoms with Crippen LogP contribution in [0.2, 0.25) is 0 Å². The number of rotatable bonds is 3. The molecular formula is C20H25NO5. The first-order valence-electron chi connectivity index (χ1n) is 9.03. The number of amides is 2. The van der Waals surface area contributed by atoms with Gasteiger partial charge < -0.3 is 9.47 Å². The van der Waals surface area contributed by atoms with Crippen molar-refractivity contribution in [1.29, 1.82) is 0 Å². The van der Waals surface area contributed by atoms with E-state index in [1.165, 1.54) is 4.90 Å². The third-order valence-electron chi connectivity index (χ3n) is 4.86. The maximum atomic E-state index is 12.7. The minimum absolute atomic E-state index is 0.180. The first-order chi connectivity index (χ1) is 12.3. The number of fused-ring (bicyclic) bond motifs is 2. The summed E-state index contributed by atoms with van der Waals surface area (Å²) in [7, 11) is 0. The van der Waals surface area contributed by atoms with Gasteiger partial charge in [-0.3, -0.25) is 9.59 Å². The molecule has 1 saturated carbocycles. The molecule has 1 aliphatic carbocycles. The summed E-state index contributed by atoms with van der Waals surface area (Å²) in [5.74, 6) is -1.67. The summed E-state index contributed by atoms with van der Waals surface area (Å²) >= 11 is 0. The lowest BCUT2D eigenvalue weighted by molar-refractivity contribution is -0.154. The molecule has 0 N–H and O–H groups in total. The largest absolute Gasteiger partial charge is 0.461 e. The van der Waals surface area contributed by atoms with E-state index in [-0.39, 0.29) is 24.5 Å². The van der Waals surface area contributed by atoms with Gasteiger partial charge in [-0.2, -0.15) is 0 Å². The zero-order valence-corrected chi connectivity index (χ0v) is 15.4. The van der Waals surface area contributed by atoms with Gasteiger partial charge in [0.1, 0.15) is 12.2 Å². The Morgan fingerprint density at radius 2 is 1.85 bits per heavy atom. The summed E-state index contributed by atoms with van der Waals surface area (Å²) in [5, 5.41) is 0. The van der Waals surface area contributed by atoms with Gasteiger partial charge in [-0.1, -0.05) is 30.3 Å². The molecule has 0 aromatic heterocycles. The molecule has 2 fully saturated rings. The van der Waals surface area contributed by atoms with Crippen LogP contribution < -0.4 is 0 Å². The molecular weight excluding hydrogens is 334 g/mol. The van der Waals surface area contributed by atoms with E-state index in [1.807, 2.05) is 30.3 Å². The van der Waals surface area contributed by atoms with E-state index in [1.54, 1.807) is 20.8 Å². The van der Waals surface area contributed by atoms with Gasteiger partial charge in [0.25, 0.3) is 0 Å². The zero-order chi connectivity index (χ0) is 18.9. The van der Waals surface area contributed by atoms with Crippen molar-refractivity contribution in [2.45, 2.75) is 58.3 Å². The summed E-state index contributed by atoms with van der Waals surface area (Å²) in [6.07, 6.45) is 1.04. The minimum Gasteiger partial charge on any atom is -0.461 e. The van der Waals surface area contributed by atoms with Crippen LogP contribution in [0.25, 0.3) is 0 Å². The average molecular weight is 359 g/mol. The number of likely N-dealkylation sites (tertiary alicyclic amines) is 1. The van der Waals surface area contributed by atoms with Crippen molar-refractivity contribution in [3.05, 3.63) is 35.9 Å². The second kappa shape index (κ2) is 7.09. The van der Waals surface area contributed by atoms with Crippen LogP contribution in [-0.4, -0.2) is 34.5 Å². The van der Waals surface area contributed by atoms with Crippen molar-refractivity contribution >= 4 is 18.0 Å². The molecule has 2 amide bonds. The predicted octanol–water partition coefficient (Wildman–Crippen LogP) is 3.29. The zero-order valence-electron chi connectivity index (χ0n) is 15.4. The lowest BCUT2D eigenvalue weighted by Crippen LogP contribution is -2.42. The van der Waals surface area contributed by atoms with Crippen molar-refractivity contribution < 1.29 is 23.9 Å². The van der Waals surface area contributed by atoms with Gasteiger partial charge in [0.2, 0.25) is 5.91 Å². The molecule has 3 rings (SSSR count). The van der Waals surface area contributed by atoms with Crippen molar-refractivity contribution in [3.63, 3.8) is 0 Å². The molecule has 2 bridgehead atoms. The highest BCUT2D eigenvalue weighted by Crippen LogP contribution is 2.41. The van der Waals surface area contributed by atoms with E-state index in [9.17, 15) is 14.4 Å². The Morgan fingerprint density at radius 1 is 1.15 bits per heavy atom. The van der Waals surface area contributed by atoms with E-state index < -0.39 is 23.5 Å². The van der Waals surface area contributed by atoms with Crippen LogP contribution in [0.15, 0.2) is 30.3 Å². The van der Waals surface area contributed by atoms with E-state index in [0.29, 0.717) is 19.3 Å². The Labute approximate surface area is 153 Å². The smallest absolute Gasteiger partial charge is 0.417 e. The van der Waals surface area contributed by atoms with Crippen LogP contribution >= 0.6 is 0 Å². The average Bonchev–Trinajstić information content (AvgIpc) is 2.83. The van der Waals surface area contributed by atoms with Gasteiger partial charge in [-0.15, -0.1) is 0 Å². The van der Waals surface area contributed by atoms with Crippen LogP contribution in [0.4, 0.5) is 4.79 Å². The molecule has 1 aromatic carbocycles. The van der Waals surface area contributed by atoms with Crippen molar-refractivity contribution in [3.8, 4) is 0 Å². The van der Waals surface area contributed by atoms with E-state index >= 15 is 0 Å². The topological polar surface area (TPSA) is 72.9 Å². The molecule has 0 unspecified atom stereocenters. The van der Waals surface area contributed by atoms with Gasteiger partial charge in [0.05, 0.1) is 11.8 Å². The fraction of sp³-hybridized carbons (Fsp3) is 0.550. The van der Waals surface area contributed by atoms with Gasteiger partial charge in [0.15, 0.2) is 0 Å². The summed E-state index contributed by atoms with van der Waals surface area (Å²) < 4.78 is 10.8. The Balaban J connectivity index is 1.63. The number of nitrogens with zero attached hydrogens (tertiary/aromatic N) is 1. The molecule has 26 heavy (non-hydrogen) atoms. The predicted molar refractivity (Wildman–Crippen MR) is 93.9 cm³/mol. The van der Waals surface area contributed by atoms with Crippen LogP contribution in [0.5, 0.6) is 0 Å². The molecule has 1 aromatic rings. The van der Waals surface area contributed by atoms with Crippen LogP contribution in [0.1, 0.15) is 45.6 Å². The first kappa shape index (κ1) is 18.4. The third kappa shape index (κ3) is 3.89. The molecule has 140 valence electrons. The second-order valence-electron chi connectivity index (χ2n) is 7.96. The summed E-state index contributed by atoms with van der Waals surface area (Å²) in [6.45, 7) is 5.49. The summed E-state index contributed by atoms with van der Waals surface area (Å²) in [6, 6.07) is 9.25. The van der Waals surface area contributed by atoms with Gasteiger partial charge in [-0.05, 0) is 45.6 Å². The fourth-order valence-electron chi connectivity index (χ4n) is 3.68. The number of carbonyl (C=O) groups excluding carboxylic acids is 3. The van der Waals surface area contributed by atoms with Crippen LogP contribution in [-0.2, 0) is 25.7 Å². The number of carbonyl (C=O) groups is 3. The lowest BCUT2D eigenvalue weighted by atomic mass is 9.80. The van der Waals surface area contributed by atoms with Gasteiger partial charge in [-0.25, -0.2) is 9.69 Å². The number of benzene rings is 1. The second-order valence-corrected chi connectivity index (χ2v) is 7.96. The number of imide groups is 1. The highest BCUT2D eigenvalue weighted by Gasteiger charge is 2.52. The number of hydrogen-bond donors (Lipinski definition) is 0. The molecule has 1 heterocycles. The summed E-state index contributed by atoms with van der Waals surface area (Å²) in [5.41, 5.74) is 0.241. The van der Waals surface area contributed by atoms with E-state index in [2.05, 4.69) is 0 Å². The highest BCUT2D eigenvalue weighted by molar-refractivity contribution is 5.98. The SMILES string of the molecule is CC(C)(C)OC(=O)N1C(=O)[C@@H]2C[C@H]1CC[C@@H]2C(=O)OCc1ccccc1. The Morgan fingerprint density at radius 3 is 2.50 bits per heavy atom. The summed E-state index contributed by atoms with van der Waals surface area (Å²) in [4.78, 5) is 38.8. The van der Waals surface area contributed by atoms with E-state index in [0.717, 1.165) is 5.56 Å². The third-order valence-corrected chi connectivity index (χ3v) is 4.86. The van der Waals surface area contributed by atoms with E-state index in [4.69, 9.17) is 9.47 Å². The van der Waals surface area contributed by atoms with Gasteiger partial charge >= 0.3 is 12.1 Å². The number of ether oxygens (including phenoxy) is 2. The lowest BCUT2D eigenvalue weighted by Gasteiger charge is -2.27. The molecule has 0 radical (unpaired) electrons. The first-order valence-corrected chi connectivity index (χ1v) is 9.03. The Hall–Kier alpha value is -2.37. The minimum atomic E-state index is -0.665. The maximum Gasteiger partial charge on any atom is 0.417 e. The van der Waals surface area contributed by atoms with Gasteiger partial charge in [0, 0.05) is 6.04 Å². The Bertz CT molecular complexity index is 694. The van der Waals surface area contributed by atoms with Crippen molar-refractivity contribution in [1.82, 2.24) is 4.90 Å². The molecule has 0 spiro atoms. The standard InChI is InChI=1S/C20H25NO5/c1-20(2,3)26-19(24)21-14-9-10-15(16(11-14)17(21)22)18(23)25-12-13-7-5-4-6-8-13/h4-8,14-16H,9-12H2,1-3H3/t14-,15+,16-/m1/s1. The molecule has 1 aliphatic heterocycles. The maximum absolute atomic E-state index is 12.7. The molecule has 2 aliphatic rings. The molecule has 6 heteroatoms.